The highest BCUT2D eigenvalue weighted by molar-refractivity contribution is 6.00. The van der Waals surface area contributed by atoms with E-state index in [1.165, 1.54) is 6.20 Å². The SMILES string of the molecule is O=C1NCC(c2cc([C@H]3C[C@@H]3c3ccnc(C(F)(F)F)c3)c3nccn3n2)C(=O)N1. The van der Waals surface area contributed by atoms with E-state index in [9.17, 15) is 22.8 Å². The molecule has 0 aromatic carbocycles. The number of aromatic nitrogens is 4. The summed E-state index contributed by atoms with van der Waals surface area (Å²) in [6.45, 7) is 0.116. The van der Waals surface area contributed by atoms with E-state index in [4.69, 9.17) is 0 Å². The third kappa shape index (κ3) is 3.15. The highest BCUT2D eigenvalue weighted by Crippen LogP contribution is 2.55. The molecular formula is C19H15F3N6O2. The van der Waals surface area contributed by atoms with Gasteiger partial charge in [0, 0.05) is 30.7 Å². The standard InChI is InChI=1S/C19H15F3N6O2/c20-19(21,22)15-5-9(1-2-23-15)10-6-11(10)12-7-14(27-28-4-3-24-16(12)28)13-8-25-18(30)26-17(13)29/h1-5,7,10-11,13H,6,8H2,(H2,25,26,29,30)/t10-,11+,13?/m1/s1. The van der Waals surface area contributed by atoms with Crippen molar-refractivity contribution in [3.05, 3.63) is 59.3 Å². The van der Waals surface area contributed by atoms with Crippen LogP contribution in [0.25, 0.3) is 5.65 Å². The minimum absolute atomic E-state index is 0.0543. The van der Waals surface area contributed by atoms with Gasteiger partial charge in [-0.15, -0.1) is 0 Å². The third-order valence-corrected chi connectivity index (χ3v) is 5.48. The van der Waals surface area contributed by atoms with Crippen molar-refractivity contribution in [2.45, 2.75) is 30.4 Å². The van der Waals surface area contributed by atoms with Crippen LogP contribution in [0.1, 0.15) is 46.7 Å². The van der Waals surface area contributed by atoms with Gasteiger partial charge >= 0.3 is 12.2 Å². The predicted octanol–water partition coefficient (Wildman–Crippen LogP) is 2.34. The number of urea groups is 1. The van der Waals surface area contributed by atoms with Crippen molar-refractivity contribution in [1.29, 1.82) is 0 Å². The van der Waals surface area contributed by atoms with Crippen LogP contribution in [0.15, 0.2) is 36.8 Å². The van der Waals surface area contributed by atoms with Gasteiger partial charge in [0.25, 0.3) is 0 Å². The lowest BCUT2D eigenvalue weighted by atomic mass is 9.99. The summed E-state index contributed by atoms with van der Waals surface area (Å²) in [5, 5.41) is 9.23. The number of nitrogens with one attached hydrogen (secondary N) is 2. The van der Waals surface area contributed by atoms with Crippen LogP contribution in [0.2, 0.25) is 0 Å². The lowest BCUT2D eigenvalue weighted by molar-refractivity contribution is -0.141. The second kappa shape index (κ2) is 6.51. The molecule has 0 radical (unpaired) electrons. The summed E-state index contributed by atoms with van der Waals surface area (Å²) >= 11 is 0. The zero-order valence-corrected chi connectivity index (χ0v) is 15.3. The molecule has 3 amide bonds. The normalized spacial score (nSPS) is 23.9. The van der Waals surface area contributed by atoms with E-state index in [2.05, 4.69) is 25.7 Å². The fourth-order valence-corrected chi connectivity index (χ4v) is 3.91. The Bertz CT molecular complexity index is 1170. The molecule has 4 heterocycles. The number of halogens is 3. The van der Waals surface area contributed by atoms with Crippen molar-refractivity contribution in [2.24, 2.45) is 0 Å². The average molecular weight is 416 g/mol. The Kier molecular flexibility index (Phi) is 4.02. The number of rotatable bonds is 3. The Morgan fingerprint density at radius 3 is 2.70 bits per heavy atom. The zero-order chi connectivity index (χ0) is 21.0. The molecule has 30 heavy (non-hydrogen) atoms. The van der Waals surface area contributed by atoms with Gasteiger partial charge in [0.15, 0.2) is 5.65 Å². The van der Waals surface area contributed by atoms with Crippen LogP contribution in [-0.2, 0) is 11.0 Å². The van der Waals surface area contributed by atoms with E-state index in [1.807, 2.05) is 0 Å². The second-order valence-corrected chi connectivity index (χ2v) is 7.39. The molecule has 2 N–H and O–H groups in total. The molecule has 3 aromatic heterocycles. The van der Waals surface area contributed by atoms with Crippen LogP contribution < -0.4 is 10.6 Å². The Morgan fingerprint density at radius 2 is 1.93 bits per heavy atom. The second-order valence-electron chi connectivity index (χ2n) is 7.39. The summed E-state index contributed by atoms with van der Waals surface area (Å²) < 4.78 is 40.6. The smallest absolute Gasteiger partial charge is 0.337 e. The number of imide groups is 1. The van der Waals surface area contributed by atoms with Crippen molar-refractivity contribution in [3.8, 4) is 0 Å². The molecule has 11 heteroatoms. The third-order valence-electron chi connectivity index (χ3n) is 5.48. The summed E-state index contributed by atoms with van der Waals surface area (Å²) in [5.41, 5.74) is 1.51. The van der Waals surface area contributed by atoms with Gasteiger partial charge in [0.1, 0.15) is 5.69 Å². The fraction of sp³-hybridized carbons (Fsp3) is 0.316. The summed E-state index contributed by atoms with van der Waals surface area (Å²) in [5.74, 6) is -1.28. The molecule has 5 rings (SSSR count). The Balaban J connectivity index is 1.49. The summed E-state index contributed by atoms with van der Waals surface area (Å²) in [7, 11) is 0. The number of carbonyl (C=O) groups is 2. The zero-order valence-electron chi connectivity index (χ0n) is 15.3. The maximum atomic E-state index is 13.0. The monoisotopic (exact) mass is 416 g/mol. The van der Waals surface area contributed by atoms with Gasteiger partial charge in [0.05, 0.1) is 11.6 Å². The van der Waals surface area contributed by atoms with Gasteiger partial charge in [-0.05, 0) is 42.0 Å². The van der Waals surface area contributed by atoms with Crippen LogP contribution in [-0.4, -0.2) is 38.1 Å². The molecule has 0 bridgehead atoms. The van der Waals surface area contributed by atoms with Crippen LogP contribution in [0.3, 0.4) is 0 Å². The molecule has 1 aliphatic heterocycles. The van der Waals surface area contributed by atoms with E-state index in [0.29, 0.717) is 23.3 Å². The average Bonchev–Trinajstić information content (AvgIpc) is 3.35. The van der Waals surface area contributed by atoms with E-state index in [1.54, 1.807) is 29.0 Å². The quantitative estimate of drug-likeness (QED) is 0.683. The number of fused-ring (bicyclic) bond motifs is 1. The van der Waals surface area contributed by atoms with Crippen molar-refractivity contribution in [3.63, 3.8) is 0 Å². The van der Waals surface area contributed by atoms with E-state index in [-0.39, 0.29) is 18.4 Å². The topological polar surface area (TPSA) is 101 Å². The molecule has 2 aliphatic rings. The van der Waals surface area contributed by atoms with E-state index in [0.717, 1.165) is 11.6 Å². The predicted molar refractivity (Wildman–Crippen MR) is 96.6 cm³/mol. The van der Waals surface area contributed by atoms with Crippen molar-refractivity contribution in [1.82, 2.24) is 30.2 Å². The highest BCUT2D eigenvalue weighted by atomic mass is 19.4. The molecule has 8 nitrogen and oxygen atoms in total. The first-order valence-corrected chi connectivity index (χ1v) is 9.27. The summed E-state index contributed by atoms with van der Waals surface area (Å²) in [4.78, 5) is 31.3. The first kappa shape index (κ1) is 18.5. The highest BCUT2D eigenvalue weighted by Gasteiger charge is 2.43. The number of nitrogens with zero attached hydrogens (tertiary/aromatic N) is 4. The Labute approximate surface area is 167 Å². The largest absolute Gasteiger partial charge is 0.433 e. The number of amides is 3. The number of imidazole rings is 1. The van der Waals surface area contributed by atoms with E-state index < -0.39 is 29.7 Å². The number of hydrogen-bond acceptors (Lipinski definition) is 5. The minimum atomic E-state index is -4.50. The van der Waals surface area contributed by atoms with Gasteiger partial charge in [-0.1, -0.05) is 0 Å². The number of alkyl halides is 3. The molecule has 154 valence electrons. The molecular weight excluding hydrogens is 401 g/mol. The maximum Gasteiger partial charge on any atom is 0.433 e. The van der Waals surface area contributed by atoms with E-state index >= 15 is 0 Å². The molecule has 1 aliphatic carbocycles. The van der Waals surface area contributed by atoms with Crippen LogP contribution in [0.5, 0.6) is 0 Å². The molecule has 1 unspecified atom stereocenters. The number of hydrogen-bond donors (Lipinski definition) is 2. The first-order chi connectivity index (χ1) is 14.3. The Morgan fingerprint density at radius 1 is 1.10 bits per heavy atom. The molecule has 3 atom stereocenters. The number of pyridine rings is 1. The molecule has 1 saturated heterocycles. The first-order valence-electron chi connectivity index (χ1n) is 9.27. The van der Waals surface area contributed by atoms with Gasteiger partial charge in [-0.25, -0.2) is 14.3 Å². The van der Waals surface area contributed by atoms with Gasteiger partial charge < -0.3 is 5.32 Å². The fourth-order valence-electron chi connectivity index (χ4n) is 3.91. The molecule has 0 spiro atoms. The minimum Gasteiger partial charge on any atom is -0.337 e. The lowest BCUT2D eigenvalue weighted by Crippen LogP contribution is -2.51. The van der Waals surface area contributed by atoms with Gasteiger partial charge in [-0.3, -0.25) is 15.1 Å². The van der Waals surface area contributed by atoms with Crippen molar-refractivity contribution >= 4 is 17.6 Å². The summed E-state index contributed by atoms with van der Waals surface area (Å²) in [6.07, 6.45) is 0.545. The van der Waals surface area contributed by atoms with Crippen LogP contribution in [0.4, 0.5) is 18.0 Å². The molecule has 1 saturated carbocycles. The summed E-state index contributed by atoms with van der Waals surface area (Å²) in [6, 6.07) is 3.88. The van der Waals surface area contributed by atoms with Crippen LogP contribution >= 0.6 is 0 Å². The van der Waals surface area contributed by atoms with Crippen molar-refractivity contribution in [2.75, 3.05) is 6.54 Å². The Hall–Kier alpha value is -3.50. The number of carbonyl (C=O) groups excluding carboxylic acids is 2. The van der Waals surface area contributed by atoms with Gasteiger partial charge in [0.2, 0.25) is 5.91 Å². The maximum absolute atomic E-state index is 13.0. The van der Waals surface area contributed by atoms with Crippen LogP contribution in [0, 0.1) is 0 Å². The molecule has 2 fully saturated rings. The lowest BCUT2D eigenvalue weighted by Gasteiger charge is -2.22. The van der Waals surface area contributed by atoms with Crippen molar-refractivity contribution < 1.29 is 22.8 Å². The van der Waals surface area contributed by atoms with Gasteiger partial charge in [-0.2, -0.15) is 18.3 Å². The molecule has 3 aromatic rings.